The van der Waals surface area contributed by atoms with Crippen LogP contribution in [0.3, 0.4) is 0 Å². The van der Waals surface area contributed by atoms with Crippen molar-refractivity contribution in [2.24, 2.45) is 0 Å². The Morgan fingerprint density at radius 1 is 1.00 bits per heavy atom. The van der Waals surface area contributed by atoms with Gasteiger partial charge in [0.05, 0.1) is 0 Å². The zero-order chi connectivity index (χ0) is 14.7. The monoisotopic (exact) mass is 403 g/mol. The normalized spacial score (nSPS) is 10.4. The zero-order valence-electron chi connectivity index (χ0n) is 10.1. The van der Waals surface area contributed by atoms with Gasteiger partial charge >= 0.3 is 0 Å². The number of amides is 1. The van der Waals surface area contributed by atoms with Crippen LogP contribution in [0.5, 0.6) is 0 Å². The quantitative estimate of drug-likeness (QED) is 0.805. The highest BCUT2D eigenvalue weighted by molar-refractivity contribution is 9.11. The zero-order valence-corrected chi connectivity index (χ0v) is 13.3. The van der Waals surface area contributed by atoms with Gasteiger partial charge in [-0.1, -0.05) is 37.9 Å². The SMILES string of the molecule is O=C(NCc1ccc(F)c(F)c1)c1cc(Br)cc(Br)c1. The van der Waals surface area contributed by atoms with Crippen LogP contribution in [-0.4, -0.2) is 5.91 Å². The van der Waals surface area contributed by atoms with Gasteiger partial charge in [0.1, 0.15) is 0 Å². The van der Waals surface area contributed by atoms with Crippen molar-refractivity contribution < 1.29 is 13.6 Å². The summed E-state index contributed by atoms with van der Waals surface area (Å²) in [6, 6.07) is 8.68. The summed E-state index contributed by atoms with van der Waals surface area (Å²) in [5, 5.41) is 2.65. The number of carbonyl (C=O) groups excluding carboxylic acids is 1. The van der Waals surface area contributed by atoms with Gasteiger partial charge in [-0.05, 0) is 35.9 Å². The minimum absolute atomic E-state index is 0.125. The fraction of sp³-hybridized carbons (Fsp3) is 0.0714. The van der Waals surface area contributed by atoms with E-state index < -0.39 is 11.6 Å². The highest BCUT2D eigenvalue weighted by Crippen LogP contribution is 2.20. The lowest BCUT2D eigenvalue weighted by Crippen LogP contribution is -2.22. The van der Waals surface area contributed by atoms with Crippen molar-refractivity contribution in [2.75, 3.05) is 0 Å². The Bertz CT molecular complexity index is 641. The molecular formula is C14H9Br2F2NO. The first-order chi connectivity index (χ1) is 9.45. The smallest absolute Gasteiger partial charge is 0.251 e. The summed E-state index contributed by atoms with van der Waals surface area (Å²) >= 11 is 6.59. The first kappa shape index (κ1) is 15.1. The van der Waals surface area contributed by atoms with Crippen LogP contribution in [0.2, 0.25) is 0 Å². The molecule has 0 aliphatic heterocycles. The lowest BCUT2D eigenvalue weighted by molar-refractivity contribution is 0.0950. The molecule has 0 saturated carbocycles. The average Bonchev–Trinajstić information content (AvgIpc) is 2.38. The van der Waals surface area contributed by atoms with Gasteiger partial charge in [-0.15, -0.1) is 0 Å². The molecule has 6 heteroatoms. The predicted octanol–water partition coefficient (Wildman–Crippen LogP) is 4.42. The van der Waals surface area contributed by atoms with E-state index in [4.69, 9.17) is 0 Å². The summed E-state index contributed by atoms with van der Waals surface area (Å²) in [7, 11) is 0. The van der Waals surface area contributed by atoms with Gasteiger partial charge in [-0.25, -0.2) is 8.78 Å². The molecule has 0 radical (unpaired) electrons. The van der Waals surface area contributed by atoms with Crippen LogP contribution >= 0.6 is 31.9 Å². The molecule has 20 heavy (non-hydrogen) atoms. The molecular weight excluding hydrogens is 396 g/mol. The van der Waals surface area contributed by atoms with Crippen LogP contribution < -0.4 is 5.32 Å². The second-order valence-corrected chi connectivity index (χ2v) is 5.92. The first-order valence-corrected chi connectivity index (χ1v) is 7.22. The van der Waals surface area contributed by atoms with E-state index in [1.54, 1.807) is 12.1 Å². The van der Waals surface area contributed by atoms with E-state index in [1.807, 2.05) is 6.07 Å². The van der Waals surface area contributed by atoms with Gasteiger partial charge in [0.25, 0.3) is 5.91 Å². The van der Waals surface area contributed by atoms with E-state index in [0.29, 0.717) is 11.1 Å². The molecule has 104 valence electrons. The Labute approximate surface area is 131 Å². The Kier molecular flexibility index (Phi) is 4.88. The minimum Gasteiger partial charge on any atom is -0.348 e. The van der Waals surface area contributed by atoms with Crippen LogP contribution in [0.15, 0.2) is 45.3 Å². The third-order valence-electron chi connectivity index (χ3n) is 2.56. The molecule has 0 heterocycles. The van der Waals surface area contributed by atoms with Gasteiger partial charge in [0.2, 0.25) is 0 Å². The van der Waals surface area contributed by atoms with E-state index >= 15 is 0 Å². The second-order valence-electron chi connectivity index (χ2n) is 4.09. The molecule has 0 aromatic heterocycles. The molecule has 0 unspecified atom stereocenters. The van der Waals surface area contributed by atoms with Crippen molar-refractivity contribution >= 4 is 37.8 Å². The largest absolute Gasteiger partial charge is 0.348 e. The van der Waals surface area contributed by atoms with E-state index in [1.165, 1.54) is 6.07 Å². The molecule has 0 bridgehead atoms. The molecule has 0 spiro atoms. The molecule has 0 aliphatic rings. The van der Waals surface area contributed by atoms with Crippen molar-refractivity contribution in [1.29, 1.82) is 0 Å². The number of benzene rings is 2. The summed E-state index contributed by atoms with van der Waals surface area (Å²) < 4.78 is 27.3. The third-order valence-corrected chi connectivity index (χ3v) is 3.48. The first-order valence-electron chi connectivity index (χ1n) is 5.64. The summed E-state index contributed by atoms with van der Waals surface area (Å²) in [4.78, 5) is 12.0. The Morgan fingerprint density at radius 2 is 1.65 bits per heavy atom. The molecule has 0 aliphatic carbocycles. The molecule has 0 atom stereocenters. The number of rotatable bonds is 3. The maximum Gasteiger partial charge on any atom is 0.251 e. The number of halogens is 4. The molecule has 2 aromatic carbocycles. The molecule has 1 amide bonds. The van der Waals surface area contributed by atoms with Crippen molar-refractivity contribution in [1.82, 2.24) is 5.32 Å². The van der Waals surface area contributed by atoms with Crippen LogP contribution in [0, 0.1) is 11.6 Å². The maximum absolute atomic E-state index is 13.0. The van der Waals surface area contributed by atoms with Crippen molar-refractivity contribution in [3.8, 4) is 0 Å². The Hall–Kier alpha value is -1.27. The van der Waals surface area contributed by atoms with E-state index in [9.17, 15) is 13.6 Å². The van der Waals surface area contributed by atoms with E-state index in [-0.39, 0.29) is 12.5 Å². The Balaban J connectivity index is 2.06. The molecule has 2 rings (SSSR count). The van der Waals surface area contributed by atoms with Gasteiger partial charge in [0, 0.05) is 21.1 Å². The van der Waals surface area contributed by atoms with Gasteiger partial charge in [-0.3, -0.25) is 4.79 Å². The van der Waals surface area contributed by atoms with Crippen molar-refractivity contribution in [3.63, 3.8) is 0 Å². The average molecular weight is 405 g/mol. The van der Waals surface area contributed by atoms with Crippen LogP contribution in [0.25, 0.3) is 0 Å². The molecule has 0 saturated heterocycles. The Morgan fingerprint density at radius 3 is 2.25 bits per heavy atom. The van der Waals surface area contributed by atoms with Crippen LogP contribution in [0.4, 0.5) is 8.78 Å². The number of hydrogen-bond acceptors (Lipinski definition) is 1. The lowest BCUT2D eigenvalue weighted by atomic mass is 10.2. The molecule has 1 N–H and O–H groups in total. The number of nitrogens with one attached hydrogen (secondary N) is 1. The fourth-order valence-electron chi connectivity index (χ4n) is 1.62. The minimum atomic E-state index is -0.929. The second kappa shape index (κ2) is 6.45. The van der Waals surface area contributed by atoms with Crippen molar-refractivity contribution in [3.05, 3.63) is 68.1 Å². The van der Waals surface area contributed by atoms with Gasteiger partial charge < -0.3 is 5.32 Å². The van der Waals surface area contributed by atoms with Gasteiger partial charge in [-0.2, -0.15) is 0 Å². The summed E-state index contributed by atoms with van der Waals surface area (Å²) in [6.45, 7) is 0.125. The highest BCUT2D eigenvalue weighted by atomic mass is 79.9. The summed E-state index contributed by atoms with van der Waals surface area (Å²) in [5.41, 5.74) is 0.958. The summed E-state index contributed by atoms with van der Waals surface area (Å²) in [6.07, 6.45) is 0. The summed E-state index contributed by atoms with van der Waals surface area (Å²) in [5.74, 6) is -2.13. The van der Waals surface area contributed by atoms with Crippen LogP contribution in [-0.2, 0) is 6.54 Å². The predicted molar refractivity (Wildman–Crippen MR) is 79.4 cm³/mol. The third kappa shape index (κ3) is 3.86. The van der Waals surface area contributed by atoms with Crippen molar-refractivity contribution in [2.45, 2.75) is 6.54 Å². The van der Waals surface area contributed by atoms with E-state index in [0.717, 1.165) is 21.1 Å². The number of hydrogen-bond donors (Lipinski definition) is 1. The molecule has 2 aromatic rings. The topological polar surface area (TPSA) is 29.1 Å². The fourth-order valence-corrected chi connectivity index (χ4v) is 2.91. The standard InChI is InChI=1S/C14H9Br2F2NO/c15-10-4-9(5-11(16)6-10)14(20)19-7-8-1-2-12(17)13(18)3-8/h1-6H,7H2,(H,19,20). The molecule has 0 fully saturated rings. The number of carbonyl (C=O) groups is 1. The maximum atomic E-state index is 13.0. The van der Waals surface area contributed by atoms with E-state index in [2.05, 4.69) is 37.2 Å². The van der Waals surface area contributed by atoms with Crippen LogP contribution in [0.1, 0.15) is 15.9 Å². The molecule has 2 nitrogen and oxygen atoms in total. The highest BCUT2D eigenvalue weighted by Gasteiger charge is 2.08. The van der Waals surface area contributed by atoms with Gasteiger partial charge in [0.15, 0.2) is 11.6 Å². The lowest BCUT2D eigenvalue weighted by Gasteiger charge is -2.07.